The zero-order valence-corrected chi connectivity index (χ0v) is 17.9. The number of carbonyl (C=O) groups is 1. The van der Waals surface area contributed by atoms with E-state index < -0.39 is 28.8 Å². The molecule has 0 bridgehead atoms. The Labute approximate surface area is 192 Å². The molecule has 0 unspecified atom stereocenters. The molecular weight excluding hydrogens is 453 g/mol. The summed E-state index contributed by atoms with van der Waals surface area (Å²) in [6.07, 6.45) is -2.09. The van der Waals surface area contributed by atoms with Gasteiger partial charge in [0, 0.05) is 25.2 Å². The highest BCUT2D eigenvalue weighted by molar-refractivity contribution is 6.08. The van der Waals surface area contributed by atoms with Gasteiger partial charge in [-0.2, -0.15) is 18.2 Å². The predicted molar refractivity (Wildman–Crippen MR) is 118 cm³/mol. The number of nitrogens with one attached hydrogen (secondary N) is 2. The number of piperidine rings is 1. The third-order valence-electron chi connectivity index (χ3n) is 5.74. The summed E-state index contributed by atoms with van der Waals surface area (Å²) >= 11 is 0. The van der Waals surface area contributed by atoms with Crippen LogP contribution in [-0.4, -0.2) is 39.1 Å². The van der Waals surface area contributed by atoms with Gasteiger partial charge in [-0.25, -0.2) is 0 Å². The van der Waals surface area contributed by atoms with Crippen LogP contribution in [0.3, 0.4) is 0 Å². The molecule has 34 heavy (non-hydrogen) atoms. The molecule has 1 aliphatic heterocycles. The number of amides is 1. The maximum atomic E-state index is 12.9. The summed E-state index contributed by atoms with van der Waals surface area (Å²) in [5, 5.41) is 18.5. The van der Waals surface area contributed by atoms with Crippen LogP contribution in [0.5, 0.6) is 0 Å². The van der Waals surface area contributed by atoms with E-state index in [4.69, 9.17) is 0 Å². The zero-order chi connectivity index (χ0) is 24.3. The Morgan fingerprint density at radius 1 is 1.18 bits per heavy atom. The smallest absolute Gasteiger partial charge is 0.371 e. The molecular formula is C22H21F3N6O3. The van der Waals surface area contributed by atoms with E-state index in [9.17, 15) is 28.1 Å². The fraction of sp³-hybridized carbons (Fsp3) is 0.318. The minimum absolute atomic E-state index is 0.0333. The van der Waals surface area contributed by atoms with E-state index >= 15 is 0 Å². The fourth-order valence-corrected chi connectivity index (χ4v) is 4.03. The van der Waals surface area contributed by atoms with E-state index in [1.54, 1.807) is 5.10 Å². The standard InChI is InChI=1S/C22H21F3N6O3/c23-22(24,25)20-27-21(29-28-20)26-19(32)17-13-16(31(33)34)6-7-18(17)30-10-8-15(9-11-30)12-14-4-2-1-3-5-14/h1-7,13,15H,8-12H2,(H2,26,27,28,29,32). The highest BCUT2D eigenvalue weighted by Gasteiger charge is 2.35. The van der Waals surface area contributed by atoms with E-state index in [0.29, 0.717) is 24.7 Å². The number of rotatable bonds is 6. The van der Waals surface area contributed by atoms with Crippen LogP contribution in [0.1, 0.15) is 34.6 Å². The van der Waals surface area contributed by atoms with Crippen molar-refractivity contribution in [1.82, 2.24) is 15.2 Å². The summed E-state index contributed by atoms with van der Waals surface area (Å²) in [6, 6.07) is 14.0. The van der Waals surface area contributed by atoms with Gasteiger partial charge >= 0.3 is 6.18 Å². The molecule has 0 atom stereocenters. The number of anilines is 2. The lowest BCUT2D eigenvalue weighted by molar-refractivity contribution is -0.384. The van der Waals surface area contributed by atoms with Crippen molar-refractivity contribution in [3.8, 4) is 0 Å². The Morgan fingerprint density at radius 2 is 1.88 bits per heavy atom. The van der Waals surface area contributed by atoms with Crippen molar-refractivity contribution in [3.05, 3.63) is 75.6 Å². The first-order valence-corrected chi connectivity index (χ1v) is 10.6. The summed E-state index contributed by atoms with van der Waals surface area (Å²) in [6.45, 7) is 1.27. The van der Waals surface area contributed by atoms with E-state index in [1.165, 1.54) is 17.7 Å². The van der Waals surface area contributed by atoms with Crippen LogP contribution in [0.4, 0.5) is 30.5 Å². The summed E-state index contributed by atoms with van der Waals surface area (Å²) in [5.74, 6) is -2.31. The van der Waals surface area contributed by atoms with Gasteiger partial charge in [0.25, 0.3) is 11.6 Å². The highest BCUT2D eigenvalue weighted by Crippen LogP contribution is 2.31. The van der Waals surface area contributed by atoms with Gasteiger partial charge in [-0.3, -0.25) is 25.3 Å². The monoisotopic (exact) mass is 474 g/mol. The lowest BCUT2D eigenvalue weighted by Crippen LogP contribution is -2.35. The van der Waals surface area contributed by atoms with Crippen LogP contribution in [0.2, 0.25) is 0 Å². The van der Waals surface area contributed by atoms with Crippen molar-refractivity contribution in [3.63, 3.8) is 0 Å². The second-order valence-electron chi connectivity index (χ2n) is 8.04. The minimum Gasteiger partial charge on any atom is -0.371 e. The molecule has 0 radical (unpaired) electrons. The van der Waals surface area contributed by atoms with Crippen LogP contribution in [0, 0.1) is 16.0 Å². The Morgan fingerprint density at radius 3 is 2.50 bits per heavy atom. The van der Waals surface area contributed by atoms with Gasteiger partial charge in [0.05, 0.1) is 16.2 Å². The first-order chi connectivity index (χ1) is 16.2. The van der Waals surface area contributed by atoms with Crippen molar-refractivity contribution in [2.24, 2.45) is 5.92 Å². The molecule has 12 heteroatoms. The number of hydrogen-bond acceptors (Lipinski definition) is 6. The maximum Gasteiger partial charge on any atom is 0.451 e. The van der Waals surface area contributed by atoms with E-state index in [2.05, 4.69) is 27.5 Å². The number of alkyl halides is 3. The van der Waals surface area contributed by atoms with E-state index in [0.717, 1.165) is 25.3 Å². The summed E-state index contributed by atoms with van der Waals surface area (Å²) in [7, 11) is 0. The van der Waals surface area contributed by atoms with Crippen LogP contribution in [0.15, 0.2) is 48.5 Å². The van der Waals surface area contributed by atoms with Crippen molar-refractivity contribution < 1.29 is 22.9 Å². The quantitative estimate of drug-likeness (QED) is 0.403. The van der Waals surface area contributed by atoms with Crippen molar-refractivity contribution >= 4 is 23.2 Å². The Bertz CT molecular complexity index is 1170. The number of nitro benzene ring substituents is 1. The summed E-state index contributed by atoms with van der Waals surface area (Å²) in [5.41, 5.74) is 1.38. The van der Waals surface area contributed by atoms with Gasteiger partial charge in [-0.15, -0.1) is 5.10 Å². The zero-order valence-electron chi connectivity index (χ0n) is 17.9. The summed E-state index contributed by atoms with van der Waals surface area (Å²) in [4.78, 5) is 28.7. The van der Waals surface area contributed by atoms with Gasteiger partial charge in [-0.1, -0.05) is 30.3 Å². The molecule has 0 spiro atoms. The SMILES string of the molecule is O=C(Nc1n[nH]c(C(F)(F)F)n1)c1cc([N+](=O)[O-])ccc1N1CCC(Cc2ccccc2)CC1. The molecule has 9 nitrogen and oxygen atoms in total. The maximum absolute atomic E-state index is 12.9. The fourth-order valence-electron chi connectivity index (χ4n) is 4.03. The third-order valence-corrected chi connectivity index (χ3v) is 5.74. The summed E-state index contributed by atoms with van der Waals surface area (Å²) < 4.78 is 38.3. The first kappa shape index (κ1) is 23.2. The number of nitrogens with zero attached hydrogens (tertiary/aromatic N) is 4. The van der Waals surface area contributed by atoms with Gasteiger partial charge in [-0.05, 0) is 36.8 Å². The van der Waals surface area contributed by atoms with E-state index in [-0.39, 0.29) is 11.3 Å². The number of carbonyl (C=O) groups excluding carboxylic acids is 1. The third kappa shape index (κ3) is 5.33. The molecule has 1 amide bonds. The first-order valence-electron chi connectivity index (χ1n) is 10.6. The molecule has 1 fully saturated rings. The number of non-ortho nitro benzene ring substituents is 1. The highest BCUT2D eigenvalue weighted by atomic mass is 19.4. The molecule has 0 aliphatic carbocycles. The molecule has 1 saturated heterocycles. The van der Waals surface area contributed by atoms with Crippen LogP contribution in [-0.2, 0) is 12.6 Å². The topological polar surface area (TPSA) is 117 Å². The second kappa shape index (κ2) is 9.49. The Balaban J connectivity index is 1.51. The Hall–Kier alpha value is -3.96. The van der Waals surface area contributed by atoms with Crippen LogP contribution in [0.25, 0.3) is 0 Å². The molecule has 1 aromatic heterocycles. The van der Waals surface area contributed by atoms with Gasteiger partial charge < -0.3 is 4.90 Å². The van der Waals surface area contributed by atoms with Crippen molar-refractivity contribution in [2.45, 2.75) is 25.4 Å². The number of H-pyrrole nitrogens is 1. The molecule has 2 heterocycles. The lowest BCUT2D eigenvalue weighted by Gasteiger charge is -2.34. The number of hydrogen-bond donors (Lipinski definition) is 2. The number of aromatic amines is 1. The van der Waals surface area contributed by atoms with Gasteiger partial charge in [0.1, 0.15) is 0 Å². The van der Waals surface area contributed by atoms with Crippen molar-refractivity contribution in [1.29, 1.82) is 0 Å². The van der Waals surface area contributed by atoms with Crippen LogP contribution >= 0.6 is 0 Å². The van der Waals surface area contributed by atoms with Crippen molar-refractivity contribution in [2.75, 3.05) is 23.3 Å². The number of nitro groups is 1. The number of halogens is 3. The molecule has 3 aromatic rings. The Kier molecular flexibility index (Phi) is 6.48. The number of aromatic nitrogens is 3. The molecule has 178 valence electrons. The molecule has 4 rings (SSSR count). The average molecular weight is 474 g/mol. The number of benzene rings is 2. The largest absolute Gasteiger partial charge is 0.451 e. The lowest BCUT2D eigenvalue weighted by atomic mass is 9.89. The van der Waals surface area contributed by atoms with Gasteiger partial charge in [0.15, 0.2) is 0 Å². The minimum atomic E-state index is -4.75. The van der Waals surface area contributed by atoms with Gasteiger partial charge in [0.2, 0.25) is 11.8 Å². The molecule has 2 N–H and O–H groups in total. The normalized spacial score (nSPS) is 14.7. The second-order valence-corrected chi connectivity index (χ2v) is 8.04. The predicted octanol–water partition coefficient (Wildman–Crippen LogP) is 4.44. The van der Waals surface area contributed by atoms with E-state index in [1.807, 2.05) is 23.1 Å². The molecule has 2 aromatic carbocycles. The van der Waals surface area contributed by atoms with Crippen LogP contribution < -0.4 is 10.2 Å². The molecule has 0 saturated carbocycles. The molecule has 1 aliphatic rings. The average Bonchev–Trinajstić information content (AvgIpc) is 3.29.